The number of hydrogen-bond donors (Lipinski definition) is 1. The van der Waals surface area contributed by atoms with Gasteiger partial charge in [-0.2, -0.15) is 0 Å². The summed E-state index contributed by atoms with van der Waals surface area (Å²) in [7, 11) is 1.28. The Morgan fingerprint density at radius 1 is 1.47 bits per heavy atom. The number of methoxy groups -OCH3 is 1. The number of nitrogens with zero attached hydrogens (tertiary/aromatic N) is 1. The van der Waals surface area contributed by atoms with Crippen molar-refractivity contribution in [2.24, 2.45) is 0 Å². The number of anilines is 1. The molecule has 0 amide bonds. The number of aromatic nitrogens is 1. The van der Waals surface area contributed by atoms with Gasteiger partial charge in [0, 0.05) is 12.5 Å². The van der Waals surface area contributed by atoms with Gasteiger partial charge in [-0.3, -0.25) is 4.79 Å². The topological polar surface area (TPSA) is 68.3 Å². The highest BCUT2D eigenvalue weighted by molar-refractivity contribution is 7.17. The van der Waals surface area contributed by atoms with E-state index in [0.717, 1.165) is 12.8 Å². The second-order valence-electron chi connectivity index (χ2n) is 4.43. The minimum Gasteiger partial charge on any atom is -0.464 e. The van der Waals surface area contributed by atoms with Crippen molar-refractivity contribution in [1.82, 2.24) is 4.98 Å². The van der Waals surface area contributed by atoms with Crippen LogP contribution in [0, 0.1) is 0 Å². The minimum atomic E-state index is -0.569. The second-order valence-corrected chi connectivity index (χ2v) is 5.43. The van der Waals surface area contributed by atoms with Gasteiger partial charge in [0.05, 0.1) is 7.11 Å². The van der Waals surface area contributed by atoms with Crippen LogP contribution in [0.5, 0.6) is 0 Å². The summed E-state index contributed by atoms with van der Waals surface area (Å²) in [6.45, 7) is 3.50. The SMILES string of the molecule is COC(=O)c1nc(NC2(C)CC2)sc1C(C)=O. The molecule has 1 saturated carbocycles. The number of carbonyl (C=O) groups is 2. The molecule has 2 rings (SSSR count). The lowest BCUT2D eigenvalue weighted by Crippen LogP contribution is -2.15. The maximum Gasteiger partial charge on any atom is 0.358 e. The van der Waals surface area contributed by atoms with E-state index < -0.39 is 5.97 Å². The van der Waals surface area contributed by atoms with Gasteiger partial charge in [0.25, 0.3) is 0 Å². The van der Waals surface area contributed by atoms with Crippen molar-refractivity contribution in [1.29, 1.82) is 0 Å². The van der Waals surface area contributed by atoms with Crippen LogP contribution >= 0.6 is 11.3 Å². The van der Waals surface area contributed by atoms with Gasteiger partial charge in [-0.1, -0.05) is 11.3 Å². The van der Waals surface area contributed by atoms with Crippen molar-refractivity contribution in [2.45, 2.75) is 32.2 Å². The number of thiazole rings is 1. The van der Waals surface area contributed by atoms with Crippen LogP contribution < -0.4 is 5.32 Å². The third-order valence-electron chi connectivity index (χ3n) is 2.73. The number of nitrogens with one attached hydrogen (secondary N) is 1. The Morgan fingerprint density at radius 3 is 2.59 bits per heavy atom. The van der Waals surface area contributed by atoms with Gasteiger partial charge >= 0.3 is 5.97 Å². The summed E-state index contributed by atoms with van der Waals surface area (Å²) in [5.41, 5.74) is 0.177. The number of rotatable bonds is 4. The zero-order chi connectivity index (χ0) is 12.6. The van der Waals surface area contributed by atoms with E-state index in [1.807, 2.05) is 0 Å². The molecule has 0 aromatic carbocycles. The summed E-state index contributed by atoms with van der Waals surface area (Å²) in [5, 5.41) is 3.84. The summed E-state index contributed by atoms with van der Waals surface area (Å²) in [6.07, 6.45) is 2.16. The smallest absolute Gasteiger partial charge is 0.358 e. The number of carbonyl (C=O) groups excluding carboxylic acids is 2. The molecule has 1 aromatic rings. The van der Waals surface area contributed by atoms with Gasteiger partial charge in [0.1, 0.15) is 4.88 Å². The monoisotopic (exact) mass is 254 g/mol. The maximum atomic E-state index is 11.5. The molecule has 0 bridgehead atoms. The standard InChI is InChI=1S/C11H14N2O3S/c1-6(14)8-7(9(15)16-3)12-10(17-8)13-11(2)4-5-11/h4-5H2,1-3H3,(H,12,13). The molecule has 0 radical (unpaired) electrons. The minimum absolute atomic E-state index is 0.0688. The molecular formula is C11H14N2O3S. The van der Waals surface area contributed by atoms with E-state index in [1.165, 1.54) is 25.4 Å². The fourth-order valence-corrected chi connectivity index (χ4v) is 2.41. The summed E-state index contributed by atoms with van der Waals surface area (Å²) in [4.78, 5) is 27.4. The fraction of sp³-hybridized carbons (Fsp3) is 0.545. The highest BCUT2D eigenvalue weighted by Crippen LogP contribution is 2.39. The number of ketones is 1. The van der Waals surface area contributed by atoms with Crippen molar-refractivity contribution in [2.75, 3.05) is 12.4 Å². The van der Waals surface area contributed by atoms with Crippen LogP contribution in [0.25, 0.3) is 0 Å². The predicted octanol–water partition coefficient (Wildman–Crippen LogP) is 2.10. The second kappa shape index (κ2) is 4.10. The summed E-state index contributed by atoms with van der Waals surface area (Å²) >= 11 is 1.21. The van der Waals surface area contributed by atoms with Crippen LogP contribution in [-0.2, 0) is 4.74 Å². The van der Waals surface area contributed by atoms with Crippen molar-refractivity contribution in [3.63, 3.8) is 0 Å². The third kappa shape index (κ3) is 2.46. The highest BCUT2D eigenvalue weighted by Gasteiger charge is 2.38. The average molecular weight is 254 g/mol. The van der Waals surface area contributed by atoms with E-state index in [-0.39, 0.29) is 17.0 Å². The van der Waals surface area contributed by atoms with E-state index in [0.29, 0.717) is 10.0 Å². The van der Waals surface area contributed by atoms with E-state index in [1.54, 1.807) is 0 Å². The molecule has 1 fully saturated rings. The van der Waals surface area contributed by atoms with Crippen molar-refractivity contribution < 1.29 is 14.3 Å². The molecule has 0 atom stereocenters. The molecule has 0 aliphatic heterocycles. The molecule has 5 nitrogen and oxygen atoms in total. The molecule has 0 spiro atoms. The first kappa shape index (κ1) is 12.0. The Balaban J connectivity index is 2.30. The van der Waals surface area contributed by atoms with Crippen LogP contribution in [0.3, 0.4) is 0 Å². The van der Waals surface area contributed by atoms with Gasteiger partial charge in [-0.25, -0.2) is 9.78 Å². The predicted molar refractivity (Wildman–Crippen MR) is 64.7 cm³/mol. The Kier molecular flexibility index (Phi) is 2.91. The van der Waals surface area contributed by atoms with Gasteiger partial charge in [0.2, 0.25) is 0 Å². The van der Waals surface area contributed by atoms with Gasteiger partial charge in [-0.05, 0) is 19.8 Å². The van der Waals surface area contributed by atoms with Crippen LogP contribution in [0.2, 0.25) is 0 Å². The lowest BCUT2D eigenvalue weighted by Gasteiger charge is -2.08. The molecular weight excluding hydrogens is 240 g/mol. The molecule has 6 heteroatoms. The summed E-state index contributed by atoms with van der Waals surface area (Å²) in [6, 6.07) is 0. The zero-order valence-electron chi connectivity index (χ0n) is 9.99. The summed E-state index contributed by atoms with van der Waals surface area (Å²) < 4.78 is 4.61. The Hall–Kier alpha value is -1.43. The lowest BCUT2D eigenvalue weighted by atomic mass is 10.3. The van der Waals surface area contributed by atoms with Crippen LogP contribution in [-0.4, -0.2) is 29.4 Å². The van der Waals surface area contributed by atoms with Crippen molar-refractivity contribution in [3.05, 3.63) is 10.6 Å². The molecule has 0 saturated heterocycles. The van der Waals surface area contributed by atoms with Crippen LogP contribution in [0.4, 0.5) is 5.13 Å². The first-order valence-corrected chi connectivity index (χ1v) is 6.15. The van der Waals surface area contributed by atoms with E-state index >= 15 is 0 Å². The molecule has 1 N–H and O–H groups in total. The van der Waals surface area contributed by atoms with Crippen LogP contribution in [0.1, 0.15) is 46.8 Å². The fourth-order valence-electron chi connectivity index (χ4n) is 1.42. The molecule has 1 aromatic heterocycles. The number of hydrogen-bond acceptors (Lipinski definition) is 6. The molecule has 92 valence electrons. The van der Waals surface area contributed by atoms with Crippen molar-refractivity contribution >= 4 is 28.2 Å². The van der Waals surface area contributed by atoms with Gasteiger partial charge < -0.3 is 10.1 Å². The number of ether oxygens (including phenoxy) is 1. The quantitative estimate of drug-likeness (QED) is 0.658. The van der Waals surface area contributed by atoms with Crippen LogP contribution in [0.15, 0.2) is 0 Å². The Labute approximate surface area is 103 Å². The molecule has 1 aliphatic carbocycles. The Morgan fingerprint density at radius 2 is 2.12 bits per heavy atom. The van der Waals surface area contributed by atoms with E-state index in [2.05, 4.69) is 22.0 Å². The van der Waals surface area contributed by atoms with E-state index in [9.17, 15) is 9.59 Å². The van der Waals surface area contributed by atoms with Gasteiger partial charge in [0.15, 0.2) is 16.6 Å². The Bertz CT molecular complexity index is 477. The molecule has 1 heterocycles. The van der Waals surface area contributed by atoms with Gasteiger partial charge in [-0.15, -0.1) is 0 Å². The molecule has 1 aliphatic rings. The molecule has 0 unspecified atom stereocenters. The normalized spacial score (nSPS) is 16.4. The number of esters is 1. The first-order chi connectivity index (χ1) is 7.95. The largest absolute Gasteiger partial charge is 0.464 e. The van der Waals surface area contributed by atoms with Crippen molar-refractivity contribution in [3.8, 4) is 0 Å². The lowest BCUT2D eigenvalue weighted by molar-refractivity contribution is 0.0591. The first-order valence-electron chi connectivity index (χ1n) is 5.33. The molecule has 17 heavy (non-hydrogen) atoms. The average Bonchev–Trinajstić information content (AvgIpc) is 2.84. The van der Waals surface area contributed by atoms with E-state index in [4.69, 9.17) is 0 Å². The third-order valence-corrected chi connectivity index (χ3v) is 3.81. The highest BCUT2D eigenvalue weighted by atomic mass is 32.1. The maximum absolute atomic E-state index is 11.5. The number of Topliss-reactive ketones (excluding diaryl/α,β-unsaturated/α-hetero) is 1. The summed E-state index contributed by atoms with van der Waals surface area (Å²) in [5.74, 6) is -0.739. The zero-order valence-corrected chi connectivity index (χ0v) is 10.8.